The standard InChI is InChI=1S/C12H24N2O3S/c1-3-10-18(16,17)13-11(2)12(15)14-8-6-4-5-7-9-14/h11,13H,3-10H2,1-2H3. The molecule has 0 spiro atoms. The fourth-order valence-electron chi connectivity index (χ4n) is 2.21. The number of rotatable bonds is 5. The van der Waals surface area contributed by atoms with Gasteiger partial charge >= 0.3 is 0 Å². The van der Waals surface area contributed by atoms with Crippen LogP contribution in [0.2, 0.25) is 0 Å². The Morgan fingerprint density at radius 2 is 1.78 bits per heavy atom. The molecule has 1 fully saturated rings. The Balaban J connectivity index is 2.54. The van der Waals surface area contributed by atoms with Crippen molar-refractivity contribution in [2.45, 2.75) is 52.0 Å². The summed E-state index contributed by atoms with van der Waals surface area (Å²) in [6, 6.07) is -0.653. The van der Waals surface area contributed by atoms with Crippen LogP contribution in [-0.2, 0) is 14.8 Å². The van der Waals surface area contributed by atoms with Gasteiger partial charge in [-0.05, 0) is 26.2 Å². The van der Waals surface area contributed by atoms with Crippen LogP contribution in [0.5, 0.6) is 0 Å². The number of nitrogens with zero attached hydrogens (tertiary/aromatic N) is 1. The first-order valence-electron chi connectivity index (χ1n) is 6.75. The van der Waals surface area contributed by atoms with Crippen LogP contribution in [0, 0.1) is 0 Å². The van der Waals surface area contributed by atoms with Crippen LogP contribution >= 0.6 is 0 Å². The lowest BCUT2D eigenvalue weighted by Gasteiger charge is -2.24. The molecule has 1 aliphatic rings. The van der Waals surface area contributed by atoms with Gasteiger partial charge in [0.15, 0.2) is 0 Å². The Morgan fingerprint density at radius 1 is 1.22 bits per heavy atom. The van der Waals surface area contributed by atoms with Crippen molar-refractivity contribution in [1.29, 1.82) is 0 Å². The first-order chi connectivity index (χ1) is 8.46. The lowest BCUT2D eigenvalue weighted by molar-refractivity contribution is -0.132. The summed E-state index contributed by atoms with van der Waals surface area (Å²) in [6.45, 7) is 4.93. The third-order valence-electron chi connectivity index (χ3n) is 3.12. The second-order valence-corrected chi connectivity index (χ2v) is 6.77. The number of hydrogen-bond acceptors (Lipinski definition) is 3. The average molecular weight is 276 g/mol. The minimum atomic E-state index is -3.32. The fraction of sp³-hybridized carbons (Fsp3) is 0.917. The van der Waals surface area contributed by atoms with Gasteiger partial charge in [-0.2, -0.15) is 0 Å². The Labute approximate surface area is 110 Å². The molecule has 0 bridgehead atoms. The van der Waals surface area contributed by atoms with Crippen LogP contribution in [0.25, 0.3) is 0 Å². The van der Waals surface area contributed by atoms with Gasteiger partial charge in [-0.3, -0.25) is 4.79 Å². The maximum absolute atomic E-state index is 12.1. The van der Waals surface area contributed by atoms with Gasteiger partial charge in [-0.15, -0.1) is 0 Å². The zero-order valence-corrected chi connectivity index (χ0v) is 12.1. The summed E-state index contributed by atoms with van der Waals surface area (Å²) < 4.78 is 25.7. The molecule has 0 aromatic carbocycles. The molecule has 0 radical (unpaired) electrons. The van der Waals surface area contributed by atoms with Gasteiger partial charge in [0, 0.05) is 13.1 Å². The Bertz CT molecular complexity index is 360. The maximum atomic E-state index is 12.1. The van der Waals surface area contributed by atoms with Crippen molar-refractivity contribution in [1.82, 2.24) is 9.62 Å². The van der Waals surface area contributed by atoms with Crippen molar-refractivity contribution in [3.63, 3.8) is 0 Å². The van der Waals surface area contributed by atoms with Gasteiger partial charge in [-0.25, -0.2) is 13.1 Å². The quantitative estimate of drug-likeness (QED) is 0.818. The monoisotopic (exact) mass is 276 g/mol. The Kier molecular flexibility index (Phi) is 6.08. The van der Waals surface area contributed by atoms with Crippen LogP contribution in [0.1, 0.15) is 46.0 Å². The Hall–Kier alpha value is -0.620. The van der Waals surface area contributed by atoms with E-state index in [1.165, 1.54) is 0 Å². The highest BCUT2D eigenvalue weighted by atomic mass is 32.2. The molecule has 6 heteroatoms. The van der Waals surface area contributed by atoms with Crippen LogP contribution in [0.4, 0.5) is 0 Å². The van der Waals surface area contributed by atoms with Crippen molar-refractivity contribution in [3.05, 3.63) is 0 Å². The molecule has 1 heterocycles. The summed E-state index contributed by atoms with van der Waals surface area (Å²) in [6.07, 6.45) is 4.89. The third-order valence-corrected chi connectivity index (χ3v) is 4.78. The van der Waals surface area contributed by atoms with E-state index in [9.17, 15) is 13.2 Å². The lowest BCUT2D eigenvalue weighted by Crippen LogP contribution is -2.47. The molecule has 1 aliphatic heterocycles. The predicted octanol–water partition coefficient (Wildman–Crippen LogP) is 1.11. The molecule has 0 aliphatic carbocycles. The van der Waals surface area contributed by atoms with Crippen LogP contribution in [0.15, 0.2) is 0 Å². The molecule has 0 aromatic heterocycles. The first kappa shape index (κ1) is 15.4. The number of amides is 1. The number of carbonyl (C=O) groups is 1. The van der Waals surface area contributed by atoms with E-state index in [2.05, 4.69) is 4.72 Å². The van der Waals surface area contributed by atoms with Gasteiger partial charge < -0.3 is 4.90 Å². The molecule has 1 rings (SSSR count). The van der Waals surface area contributed by atoms with Crippen molar-refractivity contribution in [2.75, 3.05) is 18.8 Å². The minimum Gasteiger partial charge on any atom is -0.341 e. The van der Waals surface area contributed by atoms with Gasteiger partial charge in [0.2, 0.25) is 15.9 Å². The largest absolute Gasteiger partial charge is 0.341 e. The number of carbonyl (C=O) groups excluding carboxylic acids is 1. The van der Waals surface area contributed by atoms with Crippen LogP contribution in [-0.4, -0.2) is 44.1 Å². The van der Waals surface area contributed by atoms with Gasteiger partial charge in [0.1, 0.15) is 0 Å². The van der Waals surface area contributed by atoms with Crippen molar-refractivity contribution in [2.24, 2.45) is 0 Å². The molecule has 106 valence electrons. The molecule has 1 unspecified atom stereocenters. The smallest absolute Gasteiger partial charge is 0.240 e. The maximum Gasteiger partial charge on any atom is 0.240 e. The molecular formula is C12H24N2O3S. The molecule has 5 nitrogen and oxygen atoms in total. The molecule has 0 saturated carbocycles. The van der Waals surface area contributed by atoms with E-state index in [0.717, 1.165) is 38.8 Å². The van der Waals surface area contributed by atoms with Crippen LogP contribution in [0.3, 0.4) is 0 Å². The number of nitrogens with one attached hydrogen (secondary N) is 1. The van der Waals surface area contributed by atoms with E-state index >= 15 is 0 Å². The highest BCUT2D eigenvalue weighted by Gasteiger charge is 2.24. The predicted molar refractivity (Wildman–Crippen MR) is 71.7 cm³/mol. The van der Waals surface area contributed by atoms with Gasteiger partial charge in [0.05, 0.1) is 11.8 Å². The SMILES string of the molecule is CCCS(=O)(=O)NC(C)C(=O)N1CCCCCC1. The molecular weight excluding hydrogens is 252 g/mol. The van der Waals surface area contributed by atoms with Gasteiger partial charge in [-0.1, -0.05) is 19.8 Å². The fourth-order valence-corrected chi connectivity index (χ4v) is 3.51. The van der Waals surface area contributed by atoms with E-state index in [1.54, 1.807) is 18.7 Å². The van der Waals surface area contributed by atoms with E-state index in [-0.39, 0.29) is 11.7 Å². The van der Waals surface area contributed by atoms with Crippen molar-refractivity contribution < 1.29 is 13.2 Å². The summed E-state index contributed by atoms with van der Waals surface area (Å²) >= 11 is 0. The summed E-state index contributed by atoms with van der Waals surface area (Å²) in [5.41, 5.74) is 0. The van der Waals surface area contributed by atoms with E-state index in [4.69, 9.17) is 0 Å². The van der Waals surface area contributed by atoms with Crippen LogP contribution < -0.4 is 4.72 Å². The highest BCUT2D eigenvalue weighted by molar-refractivity contribution is 7.89. The molecule has 0 aromatic rings. The number of likely N-dealkylation sites (tertiary alicyclic amines) is 1. The highest BCUT2D eigenvalue weighted by Crippen LogP contribution is 2.11. The molecule has 1 atom stereocenters. The molecule has 1 saturated heterocycles. The average Bonchev–Trinajstić information content (AvgIpc) is 2.55. The lowest BCUT2D eigenvalue weighted by atomic mass is 10.2. The molecule has 1 N–H and O–H groups in total. The Morgan fingerprint density at radius 3 is 2.28 bits per heavy atom. The second kappa shape index (κ2) is 7.09. The van der Waals surface area contributed by atoms with E-state index in [0.29, 0.717) is 6.42 Å². The van der Waals surface area contributed by atoms with E-state index in [1.807, 2.05) is 0 Å². The summed E-state index contributed by atoms with van der Waals surface area (Å²) in [5, 5.41) is 0. The zero-order valence-electron chi connectivity index (χ0n) is 11.3. The number of sulfonamides is 1. The summed E-state index contributed by atoms with van der Waals surface area (Å²) in [4.78, 5) is 13.9. The van der Waals surface area contributed by atoms with Crippen molar-refractivity contribution >= 4 is 15.9 Å². The summed E-state index contributed by atoms with van der Waals surface area (Å²) in [5.74, 6) is -0.0264. The summed E-state index contributed by atoms with van der Waals surface area (Å²) in [7, 11) is -3.32. The second-order valence-electron chi connectivity index (χ2n) is 4.90. The molecule has 1 amide bonds. The topological polar surface area (TPSA) is 66.5 Å². The minimum absolute atomic E-state index is 0.0740. The molecule has 18 heavy (non-hydrogen) atoms. The van der Waals surface area contributed by atoms with E-state index < -0.39 is 16.1 Å². The number of hydrogen-bond donors (Lipinski definition) is 1. The first-order valence-corrected chi connectivity index (χ1v) is 8.40. The normalized spacial score (nSPS) is 19.3. The van der Waals surface area contributed by atoms with Crippen molar-refractivity contribution in [3.8, 4) is 0 Å². The zero-order chi connectivity index (χ0) is 13.6. The third kappa shape index (κ3) is 4.94. The van der Waals surface area contributed by atoms with Gasteiger partial charge in [0.25, 0.3) is 0 Å².